The first-order chi connectivity index (χ1) is 28.2. The number of para-hydroxylation sites is 1. The molecule has 2 aromatic heterocycles. The van der Waals surface area contributed by atoms with Gasteiger partial charge in [0.05, 0.1) is 16.9 Å². The van der Waals surface area contributed by atoms with Crippen molar-refractivity contribution >= 4 is 43.8 Å². The van der Waals surface area contributed by atoms with Crippen LogP contribution >= 0.6 is 0 Å². The number of allylic oxidation sites excluding steroid dienone is 4. The molecule has 2 aliphatic rings. The van der Waals surface area contributed by atoms with Crippen LogP contribution in [-0.2, 0) is 0 Å². The predicted octanol–water partition coefficient (Wildman–Crippen LogP) is 13.1. The van der Waals surface area contributed by atoms with Gasteiger partial charge in [0.1, 0.15) is 0 Å². The highest BCUT2D eigenvalue weighted by Crippen LogP contribution is 2.48. The van der Waals surface area contributed by atoms with E-state index < -0.39 is 0 Å². The van der Waals surface area contributed by atoms with Crippen molar-refractivity contribution in [2.24, 2.45) is 4.99 Å². The van der Waals surface area contributed by atoms with Crippen molar-refractivity contribution in [3.05, 3.63) is 188 Å². The van der Waals surface area contributed by atoms with E-state index in [0.29, 0.717) is 17.5 Å². The quantitative estimate of drug-likeness (QED) is 0.177. The molecular weight excluding hydrogens is 695 g/mol. The summed E-state index contributed by atoms with van der Waals surface area (Å²) in [5.74, 6) is 2.12. The molecule has 0 fully saturated rings. The molecule has 7 aromatic carbocycles. The zero-order valence-electron chi connectivity index (χ0n) is 31.0. The summed E-state index contributed by atoms with van der Waals surface area (Å²) in [5, 5.41) is 5.75. The van der Waals surface area contributed by atoms with Gasteiger partial charge >= 0.3 is 0 Å². The molecule has 0 saturated carbocycles. The van der Waals surface area contributed by atoms with Gasteiger partial charge in [-0.3, -0.25) is 4.99 Å². The third-order valence-electron chi connectivity index (χ3n) is 11.2. The average molecular weight is 730 g/mol. The minimum Gasteiger partial charge on any atom is -0.252 e. The summed E-state index contributed by atoms with van der Waals surface area (Å²) in [7, 11) is 0. The van der Waals surface area contributed by atoms with E-state index >= 15 is 0 Å². The van der Waals surface area contributed by atoms with Gasteiger partial charge in [0.25, 0.3) is 0 Å². The molecule has 57 heavy (non-hydrogen) atoms. The minimum atomic E-state index is 0.204. The fraction of sp³-hybridized carbons (Fsp3) is 0.0577. The van der Waals surface area contributed by atoms with E-state index in [1.165, 1.54) is 16.3 Å². The second kappa shape index (κ2) is 13.7. The summed E-state index contributed by atoms with van der Waals surface area (Å²) in [6.45, 7) is 0. The molecule has 5 nitrogen and oxygen atoms in total. The van der Waals surface area contributed by atoms with Gasteiger partial charge in [-0.05, 0) is 75.9 Å². The molecule has 268 valence electrons. The summed E-state index contributed by atoms with van der Waals surface area (Å²) in [4.78, 5) is 25.7. The maximum Gasteiger partial charge on any atom is 0.164 e. The average Bonchev–Trinajstić information content (AvgIpc) is 3.62. The van der Waals surface area contributed by atoms with Gasteiger partial charge in [-0.15, -0.1) is 0 Å². The van der Waals surface area contributed by atoms with Crippen LogP contribution in [0.25, 0.3) is 89.0 Å². The topological polar surface area (TPSA) is 63.9 Å². The zero-order chi connectivity index (χ0) is 37.7. The number of benzene rings is 7. The Morgan fingerprint density at radius 2 is 1.04 bits per heavy atom. The highest BCUT2D eigenvalue weighted by molar-refractivity contribution is 6.12. The van der Waals surface area contributed by atoms with Gasteiger partial charge in [0.15, 0.2) is 17.5 Å². The SMILES string of the molecule is C1=C\CCC2C(=Nc3c2c(-c2cccc(-c4ccc(-c5nc(-c6ccc7ccccc7c6)nc(-c6ccc7ccccc7c6)n5)cc4)c2)nc2ccccc32)\C=C/1. The number of rotatable bonds is 5. The molecule has 3 heterocycles. The standard InChI is InChI=1S/C52H35N5/c1-2-4-20-45-43(18-3-1)47-48(53-46-21-10-9-19-44(46)49(47)54-45)40-17-11-16-39(30-40)35-22-26-36(27-23-35)50-55-51(41-28-24-33-12-5-7-14-37(33)31-41)57-52(56-50)42-29-25-34-13-6-8-15-38(34)32-42/h1-2,4-17,19-32,43H,3,18H2/b2-1-,20-4-. The summed E-state index contributed by atoms with van der Waals surface area (Å²) in [6.07, 6.45) is 10.7. The van der Waals surface area contributed by atoms with E-state index in [2.05, 4.69) is 182 Å². The molecule has 0 amide bonds. The van der Waals surface area contributed by atoms with Crippen molar-refractivity contribution in [1.82, 2.24) is 19.9 Å². The molecular formula is C52H35N5. The number of pyridine rings is 1. The van der Waals surface area contributed by atoms with Crippen LogP contribution in [0.5, 0.6) is 0 Å². The lowest BCUT2D eigenvalue weighted by molar-refractivity contribution is 0.795. The van der Waals surface area contributed by atoms with E-state index in [-0.39, 0.29) is 5.92 Å². The molecule has 0 spiro atoms. The smallest absolute Gasteiger partial charge is 0.164 e. The van der Waals surface area contributed by atoms with E-state index in [1.807, 2.05) is 0 Å². The number of nitrogens with zero attached hydrogens (tertiary/aromatic N) is 5. The highest BCUT2D eigenvalue weighted by Gasteiger charge is 2.31. The summed E-state index contributed by atoms with van der Waals surface area (Å²) >= 11 is 0. The Labute approximate surface area is 330 Å². The Bertz CT molecular complexity index is 3040. The van der Waals surface area contributed by atoms with Crippen LogP contribution in [0.15, 0.2) is 187 Å². The number of fused-ring (bicyclic) bond motifs is 7. The van der Waals surface area contributed by atoms with Gasteiger partial charge in [-0.2, -0.15) is 0 Å². The zero-order valence-corrected chi connectivity index (χ0v) is 31.0. The van der Waals surface area contributed by atoms with E-state index in [9.17, 15) is 0 Å². The molecule has 1 aliphatic carbocycles. The Kier molecular flexibility index (Phi) is 7.95. The maximum absolute atomic E-state index is 5.31. The second-order valence-corrected chi connectivity index (χ2v) is 14.8. The molecule has 5 heteroatoms. The van der Waals surface area contributed by atoms with E-state index in [4.69, 9.17) is 24.9 Å². The first kappa shape index (κ1) is 33.0. The van der Waals surface area contributed by atoms with Crippen molar-refractivity contribution < 1.29 is 0 Å². The molecule has 0 bridgehead atoms. The van der Waals surface area contributed by atoms with Crippen LogP contribution < -0.4 is 0 Å². The Balaban J connectivity index is 0.985. The molecule has 1 atom stereocenters. The van der Waals surface area contributed by atoms with Gasteiger partial charge < -0.3 is 0 Å². The van der Waals surface area contributed by atoms with E-state index in [1.54, 1.807) is 0 Å². The lowest BCUT2D eigenvalue weighted by Crippen LogP contribution is -2.08. The van der Waals surface area contributed by atoms with Crippen LogP contribution in [0.2, 0.25) is 0 Å². The normalized spacial score (nSPS) is 15.8. The number of aromatic nitrogens is 4. The van der Waals surface area contributed by atoms with Crippen molar-refractivity contribution in [3.63, 3.8) is 0 Å². The van der Waals surface area contributed by atoms with Crippen molar-refractivity contribution in [2.75, 3.05) is 0 Å². The molecule has 11 rings (SSSR count). The third-order valence-corrected chi connectivity index (χ3v) is 11.2. The highest BCUT2D eigenvalue weighted by atomic mass is 15.0. The Morgan fingerprint density at radius 1 is 0.439 bits per heavy atom. The van der Waals surface area contributed by atoms with Gasteiger partial charge in [0, 0.05) is 44.8 Å². The Morgan fingerprint density at radius 3 is 1.75 bits per heavy atom. The minimum absolute atomic E-state index is 0.204. The summed E-state index contributed by atoms with van der Waals surface area (Å²) in [6, 6.07) is 55.2. The first-order valence-electron chi connectivity index (χ1n) is 19.5. The lowest BCUT2D eigenvalue weighted by Gasteiger charge is -2.18. The molecule has 1 unspecified atom stereocenters. The van der Waals surface area contributed by atoms with Crippen LogP contribution in [0.3, 0.4) is 0 Å². The number of hydrogen-bond acceptors (Lipinski definition) is 5. The fourth-order valence-corrected chi connectivity index (χ4v) is 8.35. The summed E-state index contributed by atoms with van der Waals surface area (Å²) in [5.41, 5.74) is 11.5. The van der Waals surface area contributed by atoms with Gasteiger partial charge in [-0.1, -0.05) is 152 Å². The second-order valence-electron chi connectivity index (χ2n) is 14.8. The van der Waals surface area contributed by atoms with Gasteiger partial charge in [-0.25, -0.2) is 19.9 Å². The van der Waals surface area contributed by atoms with Crippen LogP contribution in [0, 0.1) is 0 Å². The van der Waals surface area contributed by atoms with Crippen LogP contribution in [-0.4, -0.2) is 25.6 Å². The first-order valence-corrected chi connectivity index (χ1v) is 19.5. The van der Waals surface area contributed by atoms with Crippen molar-refractivity contribution in [2.45, 2.75) is 18.8 Å². The molecule has 0 saturated heterocycles. The van der Waals surface area contributed by atoms with E-state index in [0.717, 1.165) is 85.0 Å². The third kappa shape index (κ3) is 6.01. The Hall–Kier alpha value is -7.37. The van der Waals surface area contributed by atoms with Crippen LogP contribution in [0.4, 0.5) is 5.69 Å². The fourth-order valence-electron chi connectivity index (χ4n) is 8.35. The molecule has 0 radical (unpaired) electrons. The summed E-state index contributed by atoms with van der Waals surface area (Å²) < 4.78 is 0. The molecule has 0 N–H and O–H groups in total. The van der Waals surface area contributed by atoms with Crippen LogP contribution in [0.1, 0.15) is 24.3 Å². The number of hydrogen-bond donors (Lipinski definition) is 0. The predicted molar refractivity (Wildman–Crippen MR) is 235 cm³/mol. The number of aliphatic imine (C=N–C) groups is 1. The lowest BCUT2D eigenvalue weighted by atomic mass is 9.86. The molecule has 9 aromatic rings. The van der Waals surface area contributed by atoms with Crippen molar-refractivity contribution in [3.8, 4) is 56.5 Å². The van der Waals surface area contributed by atoms with Gasteiger partial charge in [0.2, 0.25) is 0 Å². The maximum atomic E-state index is 5.31. The molecule has 1 aliphatic heterocycles. The van der Waals surface area contributed by atoms with Crippen molar-refractivity contribution in [1.29, 1.82) is 0 Å². The largest absolute Gasteiger partial charge is 0.252 e. The monoisotopic (exact) mass is 729 g/mol.